The summed E-state index contributed by atoms with van der Waals surface area (Å²) < 4.78 is 12.2. The maximum absolute atomic E-state index is 12.8. The van der Waals surface area contributed by atoms with Crippen LogP contribution in [0.4, 0.5) is 0 Å². The Bertz CT molecular complexity index is 443. The SMILES string of the molecule is CCC[C@@H](OC1CCC(CC(=O)[C@@H](CCC)OC(C)(C)CC)C1)C(C)=O. The lowest BCUT2D eigenvalue weighted by Gasteiger charge is -2.29. The van der Waals surface area contributed by atoms with Gasteiger partial charge in [-0.15, -0.1) is 0 Å². The average molecular weight is 369 g/mol. The predicted molar refractivity (Wildman–Crippen MR) is 105 cm³/mol. The number of carbonyl (C=O) groups is 2. The molecule has 0 aromatic rings. The van der Waals surface area contributed by atoms with E-state index < -0.39 is 0 Å². The van der Waals surface area contributed by atoms with Crippen molar-refractivity contribution in [2.24, 2.45) is 5.92 Å². The topological polar surface area (TPSA) is 52.6 Å². The minimum absolute atomic E-state index is 0.115. The van der Waals surface area contributed by atoms with Gasteiger partial charge in [0, 0.05) is 6.42 Å². The molecule has 0 aromatic carbocycles. The minimum Gasteiger partial charge on any atom is -0.367 e. The van der Waals surface area contributed by atoms with Crippen molar-refractivity contribution >= 4 is 11.6 Å². The van der Waals surface area contributed by atoms with Crippen molar-refractivity contribution in [1.29, 1.82) is 0 Å². The van der Waals surface area contributed by atoms with Crippen molar-refractivity contribution in [3.8, 4) is 0 Å². The molecule has 0 amide bonds. The van der Waals surface area contributed by atoms with Crippen LogP contribution in [0.1, 0.15) is 99.3 Å². The van der Waals surface area contributed by atoms with E-state index in [1.807, 2.05) is 0 Å². The number of ether oxygens (including phenoxy) is 2. The fourth-order valence-electron chi connectivity index (χ4n) is 3.63. The van der Waals surface area contributed by atoms with Gasteiger partial charge in [0.25, 0.3) is 0 Å². The molecule has 0 heterocycles. The molecule has 1 fully saturated rings. The molecule has 26 heavy (non-hydrogen) atoms. The van der Waals surface area contributed by atoms with Gasteiger partial charge in [0.15, 0.2) is 11.6 Å². The molecule has 0 aromatic heterocycles. The Kier molecular flexibility index (Phi) is 10.0. The first-order valence-electron chi connectivity index (χ1n) is 10.6. The largest absolute Gasteiger partial charge is 0.367 e. The molecule has 4 nitrogen and oxygen atoms in total. The number of hydrogen-bond donors (Lipinski definition) is 0. The van der Waals surface area contributed by atoms with E-state index >= 15 is 0 Å². The van der Waals surface area contributed by atoms with Crippen molar-refractivity contribution in [3.05, 3.63) is 0 Å². The molecule has 2 unspecified atom stereocenters. The van der Waals surface area contributed by atoms with E-state index in [0.717, 1.165) is 51.4 Å². The highest BCUT2D eigenvalue weighted by Crippen LogP contribution is 2.33. The molecule has 0 bridgehead atoms. The van der Waals surface area contributed by atoms with Crippen molar-refractivity contribution < 1.29 is 19.1 Å². The molecule has 152 valence electrons. The van der Waals surface area contributed by atoms with E-state index in [2.05, 4.69) is 34.6 Å². The third-order valence-electron chi connectivity index (χ3n) is 5.57. The molecule has 4 atom stereocenters. The summed E-state index contributed by atoms with van der Waals surface area (Å²) in [4.78, 5) is 24.5. The van der Waals surface area contributed by atoms with Gasteiger partial charge in [0.05, 0.1) is 11.7 Å². The molecule has 1 aliphatic carbocycles. The number of carbonyl (C=O) groups excluding carboxylic acids is 2. The van der Waals surface area contributed by atoms with Crippen LogP contribution >= 0.6 is 0 Å². The highest BCUT2D eigenvalue weighted by molar-refractivity contribution is 5.83. The molecule has 4 heteroatoms. The lowest BCUT2D eigenvalue weighted by atomic mass is 9.95. The number of Topliss-reactive ketones (excluding diaryl/α,β-unsaturated/α-hetero) is 2. The van der Waals surface area contributed by atoms with Crippen LogP contribution in [0.2, 0.25) is 0 Å². The second kappa shape index (κ2) is 11.2. The van der Waals surface area contributed by atoms with Crippen LogP contribution in [0.3, 0.4) is 0 Å². The second-order valence-corrected chi connectivity index (χ2v) is 8.50. The fourth-order valence-corrected chi connectivity index (χ4v) is 3.63. The zero-order valence-corrected chi connectivity index (χ0v) is 17.8. The van der Waals surface area contributed by atoms with Crippen LogP contribution in [-0.4, -0.2) is 35.5 Å². The van der Waals surface area contributed by atoms with Crippen molar-refractivity contribution in [2.45, 2.75) is 123 Å². The third kappa shape index (κ3) is 7.87. The van der Waals surface area contributed by atoms with Gasteiger partial charge in [-0.2, -0.15) is 0 Å². The van der Waals surface area contributed by atoms with Gasteiger partial charge >= 0.3 is 0 Å². The summed E-state index contributed by atoms with van der Waals surface area (Å²) in [6.07, 6.45) is 7.32. The van der Waals surface area contributed by atoms with Crippen LogP contribution in [0, 0.1) is 5.92 Å². The molecule has 0 radical (unpaired) electrons. The number of hydrogen-bond acceptors (Lipinski definition) is 4. The van der Waals surface area contributed by atoms with Gasteiger partial charge in [-0.1, -0.05) is 33.6 Å². The van der Waals surface area contributed by atoms with Crippen LogP contribution in [0.15, 0.2) is 0 Å². The first kappa shape index (κ1) is 23.3. The predicted octanol–water partition coefficient (Wildman–Crippen LogP) is 5.26. The summed E-state index contributed by atoms with van der Waals surface area (Å²) in [7, 11) is 0. The van der Waals surface area contributed by atoms with Crippen LogP contribution in [0.25, 0.3) is 0 Å². The van der Waals surface area contributed by atoms with Crippen LogP contribution in [0.5, 0.6) is 0 Å². The molecule has 0 N–H and O–H groups in total. The summed E-state index contributed by atoms with van der Waals surface area (Å²) in [5.41, 5.74) is -0.258. The Morgan fingerprint density at radius 2 is 1.65 bits per heavy atom. The molecule has 1 rings (SSSR count). The molecular formula is C22H40O4. The highest BCUT2D eigenvalue weighted by Gasteiger charge is 2.33. The van der Waals surface area contributed by atoms with Gasteiger partial charge in [-0.25, -0.2) is 0 Å². The lowest BCUT2D eigenvalue weighted by molar-refractivity contribution is -0.144. The van der Waals surface area contributed by atoms with Crippen molar-refractivity contribution in [2.75, 3.05) is 0 Å². The van der Waals surface area contributed by atoms with E-state index in [-0.39, 0.29) is 35.5 Å². The molecule has 0 spiro atoms. The van der Waals surface area contributed by atoms with Crippen LogP contribution in [-0.2, 0) is 19.1 Å². The van der Waals surface area contributed by atoms with E-state index in [0.29, 0.717) is 12.3 Å². The quantitative estimate of drug-likeness (QED) is 0.445. The summed E-state index contributed by atoms with van der Waals surface area (Å²) >= 11 is 0. The maximum atomic E-state index is 12.8. The summed E-state index contributed by atoms with van der Waals surface area (Å²) in [5, 5.41) is 0. The average Bonchev–Trinajstić information content (AvgIpc) is 3.00. The Labute approximate surface area is 160 Å². The van der Waals surface area contributed by atoms with Gasteiger partial charge in [-0.05, 0) is 65.2 Å². The Hall–Kier alpha value is -0.740. The first-order valence-corrected chi connectivity index (χ1v) is 10.6. The molecule has 0 aliphatic heterocycles. The van der Waals surface area contributed by atoms with Gasteiger partial charge < -0.3 is 9.47 Å². The summed E-state index contributed by atoms with van der Waals surface area (Å²) in [6.45, 7) is 12.0. The summed E-state index contributed by atoms with van der Waals surface area (Å²) in [6, 6.07) is 0. The van der Waals surface area contributed by atoms with E-state index in [9.17, 15) is 9.59 Å². The monoisotopic (exact) mass is 368 g/mol. The Morgan fingerprint density at radius 1 is 1.04 bits per heavy atom. The zero-order valence-electron chi connectivity index (χ0n) is 17.8. The van der Waals surface area contributed by atoms with Crippen LogP contribution < -0.4 is 0 Å². The van der Waals surface area contributed by atoms with E-state index in [4.69, 9.17) is 9.47 Å². The highest BCUT2D eigenvalue weighted by atomic mass is 16.5. The Balaban J connectivity index is 2.54. The molecule has 1 aliphatic rings. The Morgan fingerprint density at radius 3 is 2.19 bits per heavy atom. The standard InChI is InChI=1S/C22H40O4/c1-7-10-20(16(4)23)25-18-13-12-17(14-18)15-19(24)21(11-8-2)26-22(5,6)9-3/h17-18,20-21H,7-15H2,1-6H3/t17?,18?,20-,21-/m1/s1. The molecule has 0 saturated heterocycles. The maximum Gasteiger partial charge on any atom is 0.161 e. The number of ketones is 2. The molecule has 1 saturated carbocycles. The third-order valence-corrected chi connectivity index (χ3v) is 5.57. The smallest absolute Gasteiger partial charge is 0.161 e. The van der Waals surface area contributed by atoms with Gasteiger partial charge in [0.1, 0.15) is 12.2 Å². The van der Waals surface area contributed by atoms with Gasteiger partial charge in [0.2, 0.25) is 0 Å². The van der Waals surface area contributed by atoms with E-state index in [1.54, 1.807) is 6.92 Å². The van der Waals surface area contributed by atoms with Crippen molar-refractivity contribution in [1.82, 2.24) is 0 Å². The molecular weight excluding hydrogens is 328 g/mol. The lowest BCUT2D eigenvalue weighted by Crippen LogP contribution is -2.35. The van der Waals surface area contributed by atoms with E-state index in [1.165, 1.54) is 0 Å². The zero-order chi connectivity index (χ0) is 19.7. The second-order valence-electron chi connectivity index (χ2n) is 8.50. The minimum atomic E-state index is -0.292. The number of rotatable bonds is 13. The normalized spacial score (nSPS) is 23.0. The van der Waals surface area contributed by atoms with Crippen molar-refractivity contribution in [3.63, 3.8) is 0 Å². The van der Waals surface area contributed by atoms with Gasteiger partial charge in [-0.3, -0.25) is 9.59 Å². The summed E-state index contributed by atoms with van der Waals surface area (Å²) in [5.74, 6) is 0.703. The first-order chi connectivity index (χ1) is 12.2. The fraction of sp³-hybridized carbons (Fsp3) is 0.909.